The van der Waals surface area contributed by atoms with E-state index in [4.69, 9.17) is 13.7 Å². The standard InChI is InChI=1S/C23H25NO7S/c1-15-9-11-18(12-10-15)32(27,28)31-19-14-24(22(26)30-23(2,3)4)21(25)20(19)16-7-6-8-17(13-16)29-5/h6-13H,14H2,1-5H3. The average Bonchev–Trinajstić information content (AvgIpc) is 3.02. The van der Waals surface area contributed by atoms with E-state index >= 15 is 0 Å². The van der Waals surface area contributed by atoms with Crippen LogP contribution in [-0.4, -0.2) is 44.6 Å². The smallest absolute Gasteiger partial charge is 0.417 e. The van der Waals surface area contributed by atoms with Crippen molar-refractivity contribution in [2.75, 3.05) is 13.7 Å². The summed E-state index contributed by atoms with van der Waals surface area (Å²) in [6.45, 7) is 6.45. The molecule has 0 N–H and O–H groups in total. The number of hydrogen-bond donors (Lipinski definition) is 0. The van der Waals surface area contributed by atoms with E-state index in [0.29, 0.717) is 11.3 Å². The van der Waals surface area contributed by atoms with E-state index in [1.807, 2.05) is 6.92 Å². The molecule has 0 radical (unpaired) electrons. The van der Waals surface area contributed by atoms with Crippen molar-refractivity contribution in [3.63, 3.8) is 0 Å². The second-order valence-corrected chi connectivity index (χ2v) is 9.80. The summed E-state index contributed by atoms with van der Waals surface area (Å²) in [7, 11) is -2.78. The number of ether oxygens (including phenoxy) is 2. The maximum atomic E-state index is 13.2. The van der Waals surface area contributed by atoms with Gasteiger partial charge in [-0.3, -0.25) is 4.79 Å². The molecule has 0 spiro atoms. The SMILES string of the molecule is COc1cccc(C2=C(OS(=O)(=O)c3ccc(C)cc3)CN(C(=O)OC(C)(C)C)C2=O)c1. The Morgan fingerprint density at radius 1 is 1.06 bits per heavy atom. The van der Waals surface area contributed by atoms with Gasteiger partial charge in [-0.1, -0.05) is 29.8 Å². The van der Waals surface area contributed by atoms with Crippen LogP contribution >= 0.6 is 0 Å². The van der Waals surface area contributed by atoms with Gasteiger partial charge in [0.25, 0.3) is 5.91 Å². The predicted molar refractivity (Wildman–Crippen MR) is 117 cm³/mol. The number of hydrogen-bond acceptors (Lipinski definition) is 7. The molecule has 0 aromatic heterocycles. The molecule has 0 saturated carbocycles. The normalized spacial score (nSPS) is 14.5. The van der Waals surface area contributed by atoms with Gasteiger partial charge < -0.3 is 13.7 Å². The maximum Gasteiger partial charge on any atom is 0.417 e. The van der Waals surface area contributed by atoms with Gasteiger partial charge in [0.2, 0.25) is 0 Å². The Bertz CT molecular complexity index is 1180. The predicted octanol–water partition coefficient (Wildman–Crippen LogP) is 3.90. The highest BCUT2D eigenvalue weighted by Crippen LogP contribution is 2.33. The fraction of sp³-hybridized carbons (Fsp3) is 0.304. The van der Waals surface area contributed by atoms with E-state index in [9.17, 15) is 18.0 Å². The topological polar surface area (TPSA) is 99.2 Å². The van der Waals surface area contributed by atoms with Crippen molar-refractivity contribution in [1.82, 2.24) is 4.90 Å². The largest absolute Gasteiger partial charge is 0.497 e. The van der Waals surface area contributed by atoms with Crippen molar-refractivity contribution in [1.29, 1.82) is 0 Å². The van der Waals surface area contributed by atoms with Crippen LogP contribution in [0.15, 0.2) is 59.2 Å². The van der Waals surface area contributed by atoms with Crippen molar-refractivity contribution < 1.29 is 31.7 Å². The Hall–Kier alpha value is -3.33. The minimum absolute atomic E-state index is 0.0505. The summed E-state index contributed by atoms with van der Waals surface area (Å²) in [5, 5.41) is 0. The second kappa shape index (κ2) is 8.66. The third-order valence-electron chi connectivity index (χ3n) is 4.53. The molecule has 2 amide bonds. The van der Waals surface area contributed by atoms with Crippen molar-refractivity contribution in [2.45, 2.75) is 38.2 Å². The van der Waals surface area contributed by atoms with Crippen LogP contribution in [0, 0.1) is 6.92 Å². The van der Waals surface area contributed by atoms with Crippen molar-refractivity contribution in [3.05, 3.63) is 65.4 Å². The molecule has 1 aliphatic rings. The molecule has 1 aliphatic heterocycles. The summed E-state index contributed by atoms with van der Waals surface area (Å²) in [6.07, 6.45) is -0.894. The number of methoxy groups -OCH3 is 1. The molecule has 170 valence electrons. The van der Waals surface area contributed by atoms with E-state index < -0.39 is 27.7 Å². The van der Waals surface area contributed by atoms with E-state index in [1.165, 1.54) is 19.2 Å². The van der Waals surface area contributed by atoms with Crippen molar-refractivity contribution in [2.24, 2.45) is 0 Å². The molecule has 0 saturated heterocycles. The molecule has 2 aromatic rings. The zero-order valence-corrected chi connectivity index (χ0v) is 19.4. The molecule has 0 fully saturated rings. The Morgan fingerprint density at radius 3 is 2.31 bits per heavy atom. The van der Waals surface area contributed by atoms with E-state index in [1.54, 1.807) is 57.2 Å². The van der Waals surface area contributed by atoms with Crippen LogP contribution in [0.2, 0.25) is 0 Å². The lowest BCUT2D eigenvalue weighted by molar-refractivity contribution is -0.123. The Labute approximate surface area is 187 Å². The summed E-state index contributed by atoms with van der Waals surface area (Å²) >= 11 is 0. The van der Waals surface area contributed by atoms with Gasteiger partial charge >= 0.3 is 16.2 Å². The van der Waals surface area contributed by atoms with Crippen LogP contribution in [0.25, 0.3) is 5.57 Å². The molecule has 2 aromatic carbocycles. The highest BCUT2D eigenvalue weighted by molar-refractivity contribution is 7.86. The van der Waals surface area contributed by atoms with Gasteiger partial charge in [-0.2, -0.15) is 8.42 Å². The second-order valence-electron chi connectivity index (χ2n) is 8.25. The lowest BCUT2D eigenvalue weighted by atomic mass is 10.1. The first-order chi connectivity index (χ1) is 14.9. The molecule has 0 bridgehead atoms. The van der Waals surface area contributed by atoms with Gasteiger partial charge in [0, 0.05) is 0 Å². The Balaban J connectivity index is 2.04. The van der Waals surface area contributed by atoms with Crippen LogP contribution in [0.3, 0.4) is 0 Å². The minimum atomic E-state index is -4.24. The van der Waals surface area contributed by atoms with E-state index in [0.717, 1.165) is 10.5 Å². The first kappa shape index (κ1) is 23.3. The fourth-order valence-corrected chi connectivity index (χ4v) is 4.00. The first-order valence-electron chi connectivity index (χ1n) is 9.85. The molecule has 0 aliphatic carbocycles. The number of aryl methyl sites for hydroxylation is 1. The maximum absolute atomic E-state index is 13.2. The minimum Gasteiger partial charge on any atom is -0.497 e. The average molecular weight is 460 g/mol. The summed E-state index contributed by atoms with van der Waals surface area (Å²) in [5.74, 6) is -0.435. The molecular formula is C23H25NO7S. The molecule has 9 heteroatoms. The Morgan fingerprint density at radius 2 is 1.72 bits per heavy atom. The third-order valence-corrected chi connectivity index (χ3v) is 5.80. The molecule has 3 rings (SSSR count). The summed E-state index contributed by atoms with van der Waals surface area (Å²) < 4.78 is 41.7. The van der Waals surface area contributed by atoms with Crippen LogP contribution in [0.5, 0.6) is 5.75 Å². The summed E-state index contributed by atoms with van der Waals surface area (Å²) in [4.78, 5) is 26.5. The van der Waals surface area contributed by atoms with Gasteiger partial charge in [-0.25, -0.2) is 9.69 Å². The molecule has 0 unspecified atom stereocenters. The fourth-order valence-electron chi connectivity index (χ4n) is 3.03. The molecular weight excluding hydrogens is 434 g/mol. The molecule has 8 nitrogen and oxygen atoms in total. The number of rotatable bonds is 5. The number of carbonyl (C=O) groups is 2. The molecule has 1 heterocycles. The lowest BCUT2D eigenvalue weighted by Gasteiger charge is -2.23. The van der Waals surface area contributed by atoms with Gasteiger partial charge in [-0.15, -0.1) is 0 Å². The number of amides is 2. The van der Waals surface area contributed by atoms with Gasteiger partial charge in [0.1, 0.15) is 16.2 Å². The van der Waals surface area contributed by atoms with Crippen LogP contribution in [0.1, 0.15) is 31.9 Å². The van der Waals surface area contributed by atoms with Gasteiger partial charge in [0.15, 0.2) is 5.76 Å². The van der Waals surface area contributed by atoms with Gasteiger partial charge in [0.05, 0.1) is 19.2 Å². The number of nitrogens with zero attached hydrogens (tertiary/aromatic N) is 1. The lowest BCUT2D eigenvalue weighted by Crippen LogP contribution is -2.38. The van der Waals surface area contributed by atoms with Gasteiger partial charge in [-0.05, 0) is 57.5 Å². The van der Waals surface area contributed by atoms with Crippen LogP contribution < -0.4 is 4.74 Å². The zero-order valence-electron chi connectivity index (χ0n) is 18.5. The third kappa shape index (κ3) is 5.11. The number of benzene rings is 2. The Kier molecular flexibility index (Phi) is 6.32. The van der Waals surface area contributed by atoms with Crippen molar-refractivity contribution >= 4 is 27.7 Å². The number of imide groups is 1. The van der Waals surface area contributed by atoms with E-state index in [2.05, 4.69) is 0 Å². The van der Waals surface area contributed by atoms with Crippen molar-refractivity contribution in [3.8, 4) is 5.75 Å². The van der Waals surface area contributed by atoms with E-state index in [-0.39, 0.29) is 22.8 Å². The van der Waals surface area contributed by atoms with Crippen LogP contribution in [-0.2, 0) is 23.8 Å². The number of carbonyl (C=O) groups excluding carboxylic acids is 2. The highest BCUT2D eigenvalue weighted by Gasteiger charge is 2.40. The monoisotopic (exact) mass is 459 g/mol. The summed E-state index contributed by atoms with van der Waals surface area (Å²) in [5.41, 5.74) is 0.345. The first-order valence-corrected chi connectivity index (χ1v) is 11.3. The quantitative estimate of drug-likeness (QED) is 0.625. The molecule has 0 atom stereocenters. The van der Waals surface area contributed by atoms with Crippen LogP contribution in [0.4, 0.5) is 4.79 Å². The summed E-state index contributed by atoms with van der Waals surface area (Å²) in [6, 6.07) is 12.6. The molecule has 32 heavy (non-hydrogen) atoms. The highest BCUT2D eigenvalue weighted by atomic mass is 32.2. The zero-order chi connectivity index (χ0) is 23.7.